The molecule has 0 unspecified atom stereocenters. The molecule has 0 aliphatic carbocycles. The maximum atomic E-state index is 12.7. The molecule has 0 spiro atoms. The van der Waals surface area contributed by atoms with Crippen LogP contribution in [0.25, 0.3) is 0 Å². The summed E-state index contributed by atoms with van der Waals surface area (Å²) >= 11 is 1.42. The molecule has 1 N–H and O–H groups in total. The summed E-state index contributed by atoms with van der Waals surface area (Å²) in [6.07, 6.45) is 1.76. The minimum Gasteiger partial charge on any atom is -0.326 e. The third-order valence-corrected chi connectivity index (χ3v) is 5.10. The summed E-state index contributed by atoms with van der Waals surface area (Å²) in [6, 6.07) is 7.65. The molecule has 2 amide bonds. The van der Waals surface area contributed by atoms with Crippen molar-refractivity contribution >= 4 is 28.2 Å². The van der Waals surface area contributed by atoms with E-state index in [1.54, 1.807) is 10.4 Å². The Balaban J connectivity index is 1.72. The summed E-state index contributed by atoms with van der Waals surface area (Å²) in [5.74, 6) is -0.0809. The lowest BCUT2D eigenvalue weighted by Gasteiger charge is -2.24. The van der Waals surface area contributed by atoms with Crippen molar-refractivity contribution in [2.24, 2.45) is 0 Å². The smallest absolute Gasteiger partial charge is 0.247 e. The Hall–Kier alpha value is -2.21. The highest BCUT2D eigenvalue weighted by Gasteiger charge is 2.36. The molecule has 1 atom stereocenters. The van der Waals surface area contributed by atoms with Gasteiger partial charge in [-0.3, -0.25) is 9.59 Å². The van der Waals surface area contributed by atoms with E-state index in [2.05, 4.69) is 10.3 Å². The number of nitrogens with zero attached hydrogens (tertiary/aromatic N) is 2. The third kappa shape index (κ3) is 3.48. The van der Waals surface area contributed by atoms with E-state index in [9.17, 15) is 9.59 Å². The van der Waals surface area contributed by atoms with Gasteiger partial charge >= 0.3 is 0 Å². The molecule has 1 aromatic heterocycles. The van der Waals surface area contributed by atoms with Crippen LogP contribution in [0.1, 0.15) is 36.6 Å². The van der Waals surface area contributed by atoms with Gasteiger partial charge in [-0.25, -0.2) is 4.98 Å². The SMILES string of the molecule is CCc1ncsc1NC(=O)[C@H]1CCC(=O)N1Cc1ccc(C)cc1. The van der Waals surface area contributed by atoms with E-state index < -0.39 is 6.04 Å². The van der Waals surface area contributed by atoms with Crippen LogP contribution in [0.5, 0.6) is 0 Å². The molecular weight excluding hydrogens is 322 g/mol. The number of aromatic nitrogens is 1. The first-order valence-electron chi connectivity index (χ1n) is 8.16. The predicted molar refractivity (Wildman–Crippen MR) is 94.9 cm³/mol. The number of carbonyl (C=O) groups excluding carboxylic acids is 2. The number of rotatable bonds is 5. The van der Waals surface area contributed by atoms with E-state index in [0.29, 0.717) is 19.4 Å². The monoisotopic (exact) mass is 343 g/mol. The minimum absolute atomic E-state index is 0.0377. The van der Waals surface area contributed by atoms with E-state index in [1.165, 1.54) is 16.9 Å². The molecule has 2 aromatic rings. The Morgan fingerprint density at radius 1 is 1.38 bits per heavy atom. The first-order chi connectivity index (χ1) is 11.6. The van der Waals surface area contributed by atoms with Gasteiger partial charge in [-0.2, -0.15) is 0 Å². The predicted octanol–water partition coefficient (Wildman–Crippen LogP) is 3.14. The molecule has 0 bridgehead atoms. The lowest BCUT2D eigenvalue weighted by molar-refractivity contribution is -0.133. The van der Waals surface area contributed by atoms with Crippen molar-refractivity contribution in [3.8, 4) is 0 Å². The Morgan fingerprint density at radius 3 is 2.83 bits per heavy atom. The van der Waals surface area contributed by atoms with Gasteiger partial charge in [-0.15, -0.1) is 11.3 Å². The van der Waals surface area contributed by atoms with E-state index in [-0.39, 0.29) is 11.8 Å². The highest BCUT2D eigenvalue weighted by atomic mass is 32.1. The van der Waals surface area contributed by atoms with Gasteiger partial charge in [-0.1, -0.05) is 36.8 Å². The van der Waals surface area contributed by atoms with Crippen LogP contribution in [-0.2, 0) is 22.6 Å². The molecule has 3 rings (SSSR count). The molecule has 1 saturated heterocycles. The van der Waals surface area contributed by atoms with Gasteiger partial charge in [-0.05, 0) is 25.3 Å². The summed E-state index contributed by atoms with van der Waals surface area (Å²) in [5, 5.41) is 3.74. The molecular formula is C18H21N3O2S. The summed E-state index contributed by atoms with van der Waals surface area (Å²) in [4.78, 5) is 30.8. The third-order valence-electron chi connectivity index (χ3n) is 4.32. The zero-order valence-corrected chi connectivity index (χ0v) is 14.7. The van der Waals surface area contributed by atoms with Crippen LogP contribution in [0, 0.1) is 6.92 Å². The van der Waals surface area contributed by atoms with Crippen LogP contribution in [0.2, 0.25) is 0 Å². The fraction of sp³-hybridized carbons (Fsp3) is 0.389. The first kappa shape index (κ1) is 16.6. The fourth-order valence-corrected chi connectivity index (χ4v) is 3.69. The number of nitrogens with one attached hydrogen (secondary N) is 1. The zero-order valence-electron chi connectivity index (χ0n) is 13.9. The largest absolute Gasteiger partial charge is 0.326 e. The van der Waals surface area contributed by atoms with E-state index in [1.807, 2.05) is 38.1 Å². The number of hydrogen-bond donors (Lipinski definition) is 1. The molecule has 0 saturated carbocycles. The molecule has 24 heavy (non-hydrogen) atoms. The summed E-state index contributed by atoms with van der Waals surface area (Å²) in [5.41, 5.74) is 4.85. The van der Waals surface area contributed by atoms with Gasteiger partial charge < -0.3 is 10.2 Å². The standard InChI is InChI=1S/C18H21N3O2S/c1-3-14-18(24-11-19-14)20-17(23)15-8-9-16(22)21(15)10-13-6-4-12(2)5-7-13/h4-7,11,15H,3,8-10H2,1-2H3,(H,20,23)/t15-/m1/s1. The molecule has 1 aliphatic heterocycles. The molecule has 2 heterocycles. The fourth-order valence-electron chi connectivity index (χ4n) is 2.91. The van der Waals surface area contributed by atoms with Crippen molar-refractivity contribution in [3.63, 3.8) is 0 Å². The number of carbonyl (C=O) groups is 2. The van der Waals surface area contributed by atoms with Crippen LogP contribution in [-0.4, -0.2) is 27.7 Å². The van der Waals surface area contributed by atoms with Crippen molar-refractivity contribution in [1.29, 1.82) is 0 Å². The summed E-state index contributed by atoms with van der Waals surface area (Å²) in [6.45, 7) is 4.51. The van der Waals surface area contributed by atoms with E-state index >= 15 is 0 Å². The maximum absolute atomic E-state index is 12.7. The number of thiazole rings is 1. The molecule has 5 nitrogen and oxygen atoms in total. The second-order valence-electron chi connectivity index (χ2n) is 6.03. The number of hydrogen-bond acceptors (Lipinski definition) is 4. The molecule has 1 fully saturated rings. The van der Waals surface area contributed by atoms with Crippen molar-refractivity contribution in [3.05, 3.63) is 46.6 Å². The van der Waals surface area contributed by atoms with Crippen LogP contribution < -0.4 is 5.32 Å². The second kappa shape index (κ2) is 7.13. The molecule has 126 valence electrons. The van der Waals surface area contributed by atoms with Gasteiger partial charge in [0.05, 0.1) is 11.2 Å². The van der Waals surface area contributed by atoms with E-state index in [4.69, 9.17) is 0 Å². The van der Waals surface area contributed by atoms with Gasteiger partial charge in [0.2, 0.25) is 11.8 Å². The average Bonchev–Trinajstić information content (AvgIpc) is 3.16. The van der Waals surface area contributed by atoms with Gasteiger partial charge in [0.1, 0.15) is 11.0 Å². The topological polar surface area (TPSA) is 62.3 Å². The Kier molecular flexibility index (Phi) is 4.94. The Bertz CT molecular complexity index is 739. The normalized spacial score (nSPS) is 17.3. The summed E-state index contributed by atoms with van der Waals surface area (Å²) < 4.78 is 0. The first-order valence-corrected chi connectivity index (χ1v) is 9.04. The van der Waals surface area contributed by atoms with Crippen molar-refractivity contribution in [1.82, 2.24) is 9.88 Å². The Morgan fingerprint density at radius 2 is 2.12 bits per heavy atom. The van der Waals surface area contributed by atoms with Crippen molar-refractivity contribution in [2.45, 2.75) is 45.7 Å². The number of amides is 2. The quantitative estimate of drug-likeness (QED) is 0.907. The number of likely N-dealkylation sites (tertiary alicyclic amines) is 1. The lowest BCUT2D eigenvalue weighted by atomic mass is 10.1. The van der Waals surface area contributed by atoms with Crippen molar-refractivity contribution in [2.75, 3.05) is 5.32 Å². The maximum Gasteiger partial charge on any atom is 0.247 e. The van der Waals surface area contributed by atoms with Crippen LogP contribution in [0.3, 0.4) is 0 Å². The van der Waals surface area contributed by atoms with Gasteiger partial charge in [0.15, 0.2) is 0 Å². The molecule has 1 aliphatic rings. The lowest BCUT2D eigenvalue weighted by Crippen LogP contribution is -2.41. The van der Waals surface area contributed by atoms with E-state index in [0.717, 1.165) is 22.7 Å². The van der Waals surface area contributed by atoms with Crippen molar-refractivity contribution < 1.29 is 9.59 Å². The van der Waals surface area contributed by atoms with Crippen LogP contribution in [0.4, 0.5) is 5.00 Å². The number of anilines is 1. The molecule has 1 aromatic carbocycles. The van der Waals surface area contributed by atoms with Crippen LogP contribution in [0.15, 0.2) is 29.8 Å². The van der Waals surface area contributed by atoms with Gasteiger partial charge in [0.25, 0.3) is 0 Å². The highest BCUT2D eigenvalue weighted by molar-refractivity contribution is 7.14. The Labute approximate surface area is 145 Å². The number of benzene rings is 1. The second-order valence-corrected chi connectivity index (χ2v) is 6.89. The van der Waals surface area contributed by atoms with Gasteiger partial charge in [0, 0.05) is 13.0 Å². The van der Waals surface area contributed by atoms with Crippen LogP contribution >= 0.6 is 11.3 Å². The number of aryl methyl sites for hydroxylation is 2. The molecule has 0 radical (unpaired) electrons. The zero-order chi connectivity index (χ0) is 17.1. The highest BCUT2D eigenvalue weighted by Crippen LogP contribution is 2.25. The average molecular weight is 343 g/mol. The summed E-state index contributed by atoms with van der Waals surface area (Å²) in [7, 11) is 0. The minimum atomic E-state index is -0.411. The molecule has 6 heteroatoms.